The molecule has 1 aliphatic heterocycles. The van der Waals surface area contributed by atoms with Crippen LogP contribution in [0.2, 0.25) is 0 Å². The summed E-state index contributed by atoms with van der Waals surface area (Å²) in [6.45, 7) is -0.762. The molecule has 0 saturated carbocycles. The molecule has 7 nitrogen and oxygen atoms in total. The van der Waals surface area contributed by atoms with Gasteiger partial charge in [-0.25, -0.2) is 9.48 Å². The monoisotopic (exact) mass is 351 g/mol. The van der Waals surface area contributed by atoms with Crippen LogP contribution in [0.3, 0.4) is 0 Å². The molecule has 0 atom stereocenters. The number of halogens is 2. The first kappa shape index (κ1) is 16.9. The van der Waals surface area contributed by atoms with Crippen LogP contribution < -0.4 is 10.1 Å². The summed E-state index contributed by atoms with van der Waals surface area (Å²) in [6.07, 6.45) is 0.419. The Hall–Kier alpha value is -2.97. The van der Waals surface area contributed by atoms with E-state index in [1.807, 2.05) is 0 Å². The van der Waals surface area contributed by atoms with Crippen LogP contribution in [0.5, 0.6) is 5.75 Å². The molecule has 0 fully saturated rings. The first-order valence-electron chi connectivity index (χ1n) is 7.63. The van der Waals surface area contributed by atoms with Crippen LogP contribution in [0.4, 0.5) is 8.78 Å². The largest absolute Gasteiger partial charge is 0.461 e. The van der Waals surface area contributed by atoms with Gasteiger partial charge in [-0.05, 0) is 25.5 Å². The molecular formula is C16H15F2N3O4. The fourth-order valence-electron chi connectivity index (χ4n) is 2.65. The number of hydrogen-bond donors (Lipinski definition) is 1. The number of aromatic nitrogens is 2. The quantitative estimate of drug-likeness (QED) is 0.833. The van der Waals surface area contributed by atoms with E-state index in [-0.39, 0.29) is 23.7 Å². The van der Waals surface area contributed by atoms with Crippen molar-refractivity contribution in [3.8, 4) is 11.4 Å². The van der Waals surface area contributed by atoms with Crippen LogP contribution in [-0.2, 0) is 11.2 Å². The number of carbonyl (C=O) groups is 2. The number of alkyl halides is 2. The molecule has 0 unspecified atom stereocenters. The molecule has 9 heteroatoms. The van der Waals surface area contributed by atoms with E-state index in [0.29, 0.717) is 24.2 Å². The van der Waals surface area contributed by atoms with E-state index in [2.05, 4.69) is 15.2 Å². The van der Waals surface area contributed by atoms with Gasteiger partial charge in [-0.2, -0.15) is 13.9 Å². The number of nitrogens with one attached hydrogen (secondary N) is 1. The summed E-state index contributed by atoms with van der Waals surface area (Å²) in [5, 5.41) is 6.87. The zero-order valence-electron chi connectivity index (χ0n) is 13.3. The van der Waals surface area contributed by atoms with Gasteiger partial charge in [-0.3, -0.25) is 4.79 Å². The van der Waals surface area contributed by atoms with Crippen molar-refractivity contribution in [2.24, 2.45) is 0 Å². The topological polar surface area (TPSA) is 82.4 Å². The van der Waals surface area contributed by atoms with Crippen molar-refractivity contribution in [2.45, 2.75) is 20.0 Å². The summed E-state index contributed by atoms with van der Waals surface area (Å²) in [5.41, 5.74) is 1.03. The molecule has 1 aromatic carbocycles. The minimum Gasteiger partial charge on any atom is -0.461 e. The SMILES string of the molecule is CCOC(=O)c1nn(-c2cccc(OC(F)F)c2)c2c1CCNC2=O. The Morgan fingerprint density at radius 1 is 1.44 bits per heavy atom. The smallest absolute Gasteiger partial charge is 0.387 e. The molecule has 132 valence electrons. The molecule has 0 bridgehead atoms. The highest BCUT2D eigenvalue weighted by Gasteiger charge is 2.31. The minimum atomic E-state index is -2.97. The van der Waals surface area contributed by atoms with Crippen LogP contribution in [0, 0.1) is 0 Å². The molecule has 3 rings (SSSR count). The molecule has 1 N–H and O–H groups in total. The number of hydrogen-bond acceptors (Lipinski definition) is 5. The van der Waals surface area contributed by atoms with Gasteiger partial charge >= 0.3 is 12.6 Å². The van der Waals surface area contributed by atoms with Crippen LogP contribution >= 0.6 is 0 Å². The lowest BCUT2D eigenvalue weighted by Crippen LogP contribution is -2.33. The second kappa shape index (κ2) is 6.88. The number of amides is 1. The van der Waals surface area contributed by atoms with E-state index in [9.17, 15) is 18.4 Å². The third-order valence-electron chi connectivity index (χ3n) is 3.62. The van der Waals surface area contributed by atoms with Gasteiger partial charge < -0.3 is 14.8 Å². The number of benzene rings is 1. The predicted octanol–water partition coefficient (Wildman–Crippen LogP) is 1.94. The van der Waals surface area contributed by atoms with E-state index in [0.717, 1.165) is 0 Å². The summed E-state index contributed by atoms with van der Waals surface area (Å²) in [4.78, 5) is 24.4. The lowest BCUT2D eigenvalue weighted by molar-refractivity contribution is -0.0498. The molecule has 0 spiro atoms. The summed E-state index contributed by atoms with van der Waals surface area (Å²) < 4.78 is 35.4. The highest BCUT2D eigenvalue weighted by molar-refractivity contribution is 6.00. The van der Waals surface area contributed by atoms with E-state index in [1.165, 1.54) is 22.9 Å². The number of carbonyl (C=O) groups excluding carboxylic acids is 2. The molecular weight excluding hydrogens is 336 g/mol. The summed E-state index contributed by atoms with van der Waals surface area (Å²) in [7, 11) is 0. The lowest BCUT2D eigenvalue weighted by Gasteiger charge is -2.15. The van der Waals surface area contributed by atoms with Crippen molar-refractivity contribution >= 4 is 11.9 Å². The maximum Gasteiger partial charge on any atom is 0.387 e. The van der Waals surface area contributed by atoms with Crippen molar-refractivity contribution in [1.82, 2.24) is 15.1 Å². The van der Waals surface area contributed by atoms with Gasteiger partial charge in [0.25, 0.3) is 5.91 Å². The normalized spacial score (nSPS) is 13.4. The van der Waals surface area contributed by atoms with Crippen molar-refractivity contribution in [2.75, 3.05) is 13.2 Å². The van der Waals surface area contributed by atoms with E-state index >= 15 is 0 Å². The molecule has 2 aromatic rings. The maximum atomic E-state index is 12.4. The second-order valence-corrected chi connectivity index (χ2v) is 5.19. The van der Waals surface area contributed by atoms with Crippen LogP contribution in [0.25, 0.3) is 5.69 Å². The zero-order chi connectivity index (χ0) is 18.0. The van der Waals surface area contributed by atoms with Crippen molar-refractivity contribution in [1.29, 1.82) is 0 Å². The second-order valence-electron chi connectivity index (χ2n) is 5.19. The Morgan fingerprint density at radius 3 is 2.96 bits per heavy atom. The Kier molecular flexibility index (Phi) is 4.64. The molecule has 1 aromatic heterocycles. The van der Waals surface area contributed by atoms with Gasteiger partial charge in [0.05, 0.1) is 12.3 Å². The van der Waals surface area contributed by atoms with Gasteiger partial charge in [-0.1, -0.05) is 6.07 Å². The molecule has 0 saturated heterocycles. The van der Waals surface area contributed by atoms with Crippen molar-refractivity contribution < 1.29 is 27.8 Å². The van der Waals surface area contributed by atoms with Gasteiger partial charge in [-0.15, -0.1) is 0 Å². The van der Waals surface area contributed by atoms with Crippen molar-refractivity contribution in [3.63, 3.8) is 0 Å². The third kappa shape index (κ3) is 3.30. The Labute approximate surface area is 141 Å². The molecule has 2 heterocycles. The number of esters is 1. The van der Waals surface area contributed by atoms with Gasteiger partial charge in [0.1, 0.15) is 11.4 Å². The van der Waals surface area contributed by atoms with Crippen LogP contribution in [0.15, 0.2) is 24.3 Å². The molecule has 0 radical (unpaired) electrons. The standard InChI is InChI=1S/C16H15F2N3O4/c1-2-24-15(23)12-11-6-7-19-14(22)13(11)21(20-12)9-4-3-5-10(8-9)25-16(17)18/h3-5,8,16H,2,6-7H2,1H3,(H,19,22). The predicted molar refractivity (Wildman–Crippen MR) is 82.2 cm³/mol. The number of rotatable bonds is 5. The molecule has 0 aliphatic carbocycles. The minimum absolute atomic E-state index is 0.0480. The first-order chi connectivity index (χ1) is 12.0. The Morgan fingerprint density at radius 2 is 2.24 bits per heavy atom. The number of fused-ring (bicyclic) bond motifs is 1. The number of nitrogens with zero attached hydrogens (tertiary/aromatic N) is 2. The van der Waals surface area contributed by atoms with Crippen LogP contribution in [-0.4, -0.2) is 41.4 Å². The fraction of sp³-hybridized carbons (Fsp3) is 0.312. The van der Waals surface area contributed by atoms with Crippen LogP contribution in [0.1, 0.15) is 33.5 Å². The highest BCUT2D eigenvalue weighted by Crippen LogP contribution is 2.25. The number of ether oxygens (including phenoxy) is 2. The van der Waals surface area contributed by atoms with Gasteiger partial charge in [0.15, 0.2) is 5.69 Å². The van der Waals surface area contributed by atoms with Crippen molar-refractivity contribution in [3.05, 3.63) is 41.2 Å². The van der Waals surface area contributed by atoms with E-state index < -0.39 is 18.5 Å². The lowest BCUT2D eigenvalue weighted by atomic mass is 10.1. The maximum absolute atomic E-state index is 12.4. The Balaban J connectivity index is 2.10. The Bertz CT molecular complexity index is 820. The summed E-state index contributed by atoms with van der Waals surface area (Å²) in [6, 6.07) is 5.74. The average Bonchev–Trinajstić information content (AvgIpc) is 2.96. The zero-order valence-corrected chi connectivity index (χ0v) is 13.3. The summed E-state index contributed by atoms with van der Waals surface area (Å²) in [5.74, 6) is -1.11. The van der Waals surface area contributed by atoms with Gasteiger partial charge in [0, 0.05) is 18.2 Å². The fourth-order valence-corrected chi connectivity index (χ4v) is 2.65. The van der Waals surface area contributed by atoms with Gasteiger partial charge in [0.2, 0.25) is 0 Å². The summed E-state index contributed by atoms with van der Waals surface area (Å²) >= 11 is 0. The molecule has 25 heavy (non-hydrogen) atoms. The third-order valence-corrected chi connectivity index (χ3v) is 3.62. The first-order valence-corrected chi connectivity index (χ1v) is 7.63. The molecule has 1 aliphatic rings. The average molecular weight is 351 g/mol. The highest BCUT2D eigenvalue weighted by atomic mass is 19.3. The molecule has 1 amide bonds. The van der Waals surface area contributed by atoms with E-state index in [1.54, 1.807) is 13.0 Å². The van der Waals surface area contributed by atoms with E-state index in [4.69, 9.17) is 4.74 Å².